The minimum Gasteiger partial charge on any atom is -0.453 e. The molecule has 0 saturated carbocycles. The predicted molar refractivity (Wildman–Crippen MR) is 55.4 cm³/mol. The van der Waals surface area contributed by atoms with Crippen LogP contribution in [0, 0.1) is 0 Å². The van der Waals surface area contributed by atoms with Crippen LogP contribution in [0.25, 0.3) is 0 Å². The number of amides is 1. The second-order valence-electron chi connectivity index (χ2n) is 2.88. The molecular weight excluding hydrogens is 200 g/mol. The molecule has 1 N–H and O–H groups in total. The van der Waals surface area contributed by atoms with Crippen molar-refractivity contribution in [3.05, 3.63) is 16.1 Å². The van der Waals surface area contributed by atoms with Gasteiger partial charge in [0, 0.05) is 11.1 Å². The normalized spacial score (nSPS) is 12.2. The first kappa shape index (κ1) is 11.0. The summed E-state index contributed by atoms with van der Waals surface area (Å²) in [6.07, 6.45) is 2.39. The molecule has 1 aromatic heterocycles. The summed E-state index contributed by atoms with van der Waals surface area (Å²) in [6.45, 7) is 3.96. The number of thiazole rings is 1. The summed E-state index contributed by atoms with van der Waals surface area (Å²) >= 11 is 1.61. The van der Waals surface area contributed by atoms with Gasteiger partial charge >= 0.3 is 6.09 Å². The average molecular weight is 214 g/mol. The predicted octanol–water partition coefficient (Wildman–Crippen LogP) is 2.12. The molecule has 1 unspecified atom stereocenters. The highest BCUT2D eigenvalue weighted by Gasteiger charge is 2.12. The molecule has 5 heteroatoms. The maximum atomic E-state index is 10.9. The van der Waals surface area contributed by atoms with Gasteiger partial charge in [-0.15, -0.1) is 11.3 Å². The van der Waals surface area contributed by atoms with Crippen molar-refractivity contribution in [1.82, 2.24) is 10.3 Å². The summed E-state index contributed by atoms with van der Waals surface area (Å²) in [5, 5.41) is 3.58. The number of rotatable bonds is 3. The lowest BCUT2D eigenvalue weighted by atomic mass is 10.4. The lowest BCUT2D eigenvalue weighted by molar-refractivity contribution is 0.167. The van der Waals surface area contributed by atoms with Gasteiger partial charge in [-0.25, -0.2) is 9.78 Å². The molecular formula is C9H14N2O2S. The number of ether oxygens (including phenoxy) is 1. The summed E-state index contributed by atoms with van der Waals surface area (Å²) < 4.78 is 4.50. The molecule has 1 heterocycles. The molecule has 0 aliphatic carbocycles. The quantitative estimate of drug-likeness (QED) is 0.838. The van der Waals surface area contributed by atoms with E-state index in [9.17, 15) is 4.79 Å². The van der Waals surface area contributed by atoms with Gasteiger partial charge in [0.15, 0.2) is 0 Å². The summed E-state index contributed by atoms with van der Waals surface area (Å²) in [6, 6.07) is -0.0900. The Morgan fingerprint density at radius 3 is 3.00 bits per heavy atom. The third kappa shape index (κ3) is 2.70. The van der Waals surface area contributed by atoms with E-state index in [1.54, 1.807) is 11.3 Å². The van der Waals surface area contributed by atoms with Crippen LogP contribution in [0.5, 0.6) is 0 Å². The Morgan fingerprint density at radius 2 is 2.50 bits per heavy atom. The minimum atomic E-state index is -0.425. The third-order valence-corrected chi connectivity index (χ3v) is 3.13. The van der Waals surface area contributed by atoms with Crippen molar-refractivity contribution in [2.24, 2.45) is 0 Å². The van der Waals surface area contributed by atoms with Crippen molar-refractivity contribution >= 4 is 17.4 Å². The highest BCUT2D eigenvalue weighted by atomic mass is 32.1. The van der Waals surface area contributed by atoms with Gasteiger partial charge < -0.3 is 10.1 Å². The van der Waals surface area contributed by atoms with E-state index in [0.717, 1.165) is 11.4 Å². The van der Waals surface area contributed by atoms with Crippen LogP contribution in [-0.4, -0.2) is 18.2 Å². The van der Waals surface area contributed by atoms with Crippen LogP contribution < -0.4 is 5.32 Å². The van der Waals surface area contributed by atoms with E-state index in [4.69, 9.17) is 0 Å². The number of aromatic nitrogens is 1. The van der Waals surface area contributed by atoms with E-state index in [-0.39, 0.29) is 6.04 Å². The topological polar surface area (TPSA) is 51.2 Å². The molecule has 1 aromatic rings. The first-order chi connectivity index (χ1) is 6.67. The Labute approximate surface area is 87.3 Å². The second-order valence-corrected chi connectivity index (χ2v) is 4.02. The lowest BCUT2D eigenvalue weighted by Crippen LogP contribution is -2.26. The molecule has 0 aromatic carbocycles. The number of carbonyl (C=O) groups is 1. The van der Waals surface area contributed by atoms with Crippen LogP contribution >= 0.6 is 11.3 Å². The summed E-state index contributed by atoms with van der Waals surface area (Å²) in [4.78, 5) is 16.4. The monoisotopic (exact) mass is 214 g/mol. The summed E-state index contributed by atoms with van der Waals surface area (Å²) in [5.41, 5.74) is 0. The molecule has 14 heavy (non-hydrogen) atoms. The number of nitrogens with zero attached hydrogens (tertiary/aromatic N) is 1. The van der Waals surface area contributed by atoms with E-state index in [1.807, 2.05) is 13.1 Å². The summed E-state index contributed by atoms with van der Waals surface area (Å²) in [7, 11) is 1.35. The fourth-order valence-electron chi connectivity index (χ4n) is 0.984. The Bertz CT molecular complexity index is 312. The SMILES string of the molecule is CCc1cnc(C(C)NC(=O)OC)s1. The van der Waals surface area contributed by atoms with Crippen LogP contribution in [0.1, 0.15) is 29.8 Å². The number of hydrogen-bond acceptors (Lipinski definition) is 4. The number of carbonyl (C=O) groups excluding carboxylic acids is 1. The van der Waals surface area contributed by atoms with Gasteiger partial charge in [0.1, 0.15) is 5.01 Å². The van der Waals surface area contributed by atoms with Crippen LogP contribution in [0.15, 0.2) is 6.20 Å². The highest BCUT2D eigenvalue weighted by molar-refractivity contribution is 7.11. The van der Waals surface area contributed by atoms with Gasteiger partial charge in [0.25, 0.3) is 0 Å². The fourth-order valence-corrected chi connectivity index (χ4v) is 1.84. The van der Waals surface area contributed by atoms with Gasteiger partial charge in [0.05, 0.1) is 13.2 Å². The van der Waals surface area contributed by atoms with Gasteiger partial charge in [-0.1, -0.05) is 6.92 Å². The molecule has 1 atom stereocenters. The molecule has 0 spiro atoms. The standard InChI is InChI=1S/C9H14N2O2S/c1-4-7-5-10-8(14-7)6(2)11-9(12)13-3/h5-6H,4H2,1-3H3,(H,11,12). The fraction of sp³-hybridized carbons (Fsp3) is 0.556. The second kappa shape index (κ2) is 4.95. The van der Waals surface area contributed by atoms with Crippen LogP contribution in [0.2, 0.25) is 0 Å². The van der Waals surface area contributed by atoms with E-state index >= 15 is 0 Å². The van der Waals surface area contributed by atoms with Crippen molar-refractivity contribution in [2.45, 2.75) is 26.3 Å². The Morgan fingerprint density at radius 1 is 1.79 bits per heavy atom. The number of alkyl carbamates (subject to hydrolysis) is 1. The number of nitrogens with one attached hydrogen (secondary N) is 1. The molecule has 78 valence electrons. The van der Waals surface area contributed by atoms with Crippen molar-refractivity contribution in [2.75, 3.05) is 7.11 Å². The first-order valence-electron chi connectivity index (χ1n) is 4.46. The maximum Gasteiger partial charge on any atom is 0.407 e. The zero-order valence-corrected chi connectivity index (χ0v) is 9.35. The van der Waals surface area contributed by atoms with Crippen molar-refractivity contribution in [3.8, 4) is 0 Å². The molecule has 0 aliphatic heterocycles. The van der Waals surface area contributed by atoms with Gasteiger partial charge in [-0.3, -0.25) is 0 Å². The average Bonchev–Trinajstić information content (AvgIpc) is 2.65. The molecule has 0 bridgehead atoms. The molecule has 1 amide bonds. The first-order valence-corrected chi connectivity index (χ1v) is 5.28. The van der Waals surface area contributed by atoms with Gasteiger partial charge in [0.2, 0.25) is 0 Å². The van der Waals surface area contributed by atoms with Crippen LogP contribution in [0.4, 0.5) is 4.79 Å². The Balaban J connectivity index is 2.60. The van der Waals surface area contributed by atoms with Crippen LogP contribution in [-0.2, 0) is 11.2 Å². The van der Waals surface area contributed by atoms with E-state index < -0.39 is 6.09 Å². The Kier molecular flexibility index (Phi) is 3.88. The molecule has 0 fully saturated rings. The molecule has 4 nitrogen and oxygen atoms in total. The van der Waals surface area contributed by atoms with E-state index in [0.29, 0.717) is 0 Å². The molecule has 1 rings (SSSR count). The number of hydrogen-bond donors (Lipinski definition) is 1. The van der Waals surface area contributed by atoms with Gasteiger partial charge in [-0.05, 0) is 13.3 Å². The smallest absolute Gasteiger partial charge is 0.407 e. The third-order valence-electron chi connectivity index (χ3n) is 1.81. The molecule has 0 radical (unpaired) electrons. The van der Waals surface area contributed by atoms with E-state index in [2.05, 4.69) is 22.0 Å². The molecule has 0 saturated heterocycles. The number of methoxy groups -OCH3 is 1. The minimum absolute atomic E-state index is 0.0900. The number of aryl methyl sites for hydroxylation is 1. The van der Waals surface area contributed by atoms with Crippen LogP contribution in [0.3, 0.4) is 0 Å². The van der Waals surface area contributed by atoms with Gasteiger partial charge in [-0.2, -0.15) is 0 Å². The Hall–Kier alpha value is -1.10. The largest absolute Gasteiger partial charge is 0.453 e. The maximum absolute atomic E-state index is 10.9. The van der Waals surface area contributed by atoms with Crippen molar-refractivity contribution in [1.29, 1.82) is 0 Å². The highest BCUT2D eigenvalue weighted by Crippen LogP contribution is 2.19. The van der Waals surface area contributed by atoms with Crippen molar-refractivity contribution in [3.63, 3.8) is 0 Å². The zero-order valence-electron chi connectivity index (χ0n) is 8.53. The zero-order chi connectivity index (χ0) is 10.6. The lowest BCUT2D eigenvalue weighted by Gasteiger charge is -2.08. The molecule has 0 aliphatic rings. The van der Waals surface area contributed by atoms with E-state index in [1.165, 1.54) is 12.0 Å². The van der Waals surface area contributed by atoms with Crippen molar-refractivity contribution < 1.29 is 9.53 Å². The summed E-state index contributed by atoms with van der Waals surface area (Å²) in [5.74, 6) is 0.